The Hall–Kier alpha value is -4.26. The number of ether oxygens (including phenoxy) is 2. The smallest absolute Gasteiger partial charge is 0.327 e. The maximum absolute atomic E-state index is 13.2. The van der Waals surface area contributed by atoms with E-state index in [2.05, 4.69) is 30.4 Å². The number of urea groups is 1. The number of nitrogens with two attached hydrogens (primary N) is 1. The van der Waals surface area contributed by atoms with Crippen molar-refractivity contribution in [3.05, 3.63) is 58.3 Å². The minimum atomic E-state index is -0.565. The predicted molar refractivity (Wildman–Crippen MR) is 174 cm³/mol. The average Bonchev–Trinajstić information content (AvgIpc) is 3.88. The predicted octanol–water partition coefficient (Wildman–Crippen LogP) is 5.00. The monoisotopic (exact) mass is 640 g/mol. The molecule has 2 heterocycles. The molecule has 1 aliphatic heterocycles. The van der Waals surface area contributed by atoms with E-state index in [9.17, 15) is 9.59 Å². The summed E-state index contributed by atoms with van der Waals surface area (Å²) in [6.07, 6.45) is 6.93. The van der Waals surface area contributed by atoms with Gasteiger partial charge < -0.3 is 30.7 Å². The van der Waals surface area contributed by atoms with Gasteiger partial charge >= 0.3 is 6.03 Å². The first-order chi connectivity index (χ1) is 21.2. The van der Waals surface area contributed by atoms with Gasteiger partial charge in [-0.3, -0.25) is 14.6 Å². The van der Waals surface area contributed by atoms with Crippen LogP contribution < -0.4 is 35.6 Å². The molecule has 3 aromatic rings. The van der Waals surface area contributed by atoms with Crippen LogP contribution in [0.4, 0.5) is 33.5 Å². The summed E-state index contributed by atoms with van der Waals surface area (Å²) >= 11 is 12.8. The normalized spacial score (nSPS) is 15.2. The van der Waals surface area contributed by atoms with Gasteiger partial charge in [-0.2, -0.15) is 0 Å². The standard InChI is InChI=1S/C30H34Cl2N8O4/c1-38(30(42)37-29-27(31)22(43-2)15-23(44-3)28(29)32)26-16-25(34-17-35-26)36-21-8-7-20(14-18(21)4-9-24(33)41)40-12-10-39(11-13-40)19-5-6-19/h4,7-9,14-17,19H,5-6,10-13H2,1-3H3,(H2,33,41)(H,37,42)(H,34,35,36). The van der Waals surface area contributed by atoms with Crippen LogP contribution in [0.2, 0.25) is 10.0 Å². The largest absolute Gasteiger partial charge is 0.495 e. The van der Waals surface area contributed by atoms with E-state index >= 15 is 0 Å². The van der Waals surface area contributed by atoms with Gasteiger partial charge in [-0.1, -0.05) is 23.2 Å². The number of nitrogens with zero attached hydrogens (tertiary/aromatic N) is 5. The minimum Gasteiger partial charge on any atom is -0.495 e. The Kier molecular flexibility index (Phi) is 9.62. The van der Waals surface area contributed by atoms with Gasteiger partial charge in [0, 0.05) is 74.4 Å². The number of carbonyl (C=O) groups excluding carboxylic acids is 2. The number of primary amides is 1. The Morgan fingerprint density at radius 3 is 2.32 bits per heavy atom. The summed E-state index contributed by atoms with van der Waals surface area (Å²) in [5.41, 5.74) is 8.05. The quantitative estimate of drug-likeness (QED) is 0.261. The van der Waals surface area contributed by atoms with Gasteiger partial charge in [0.05, 0.1) is 19.9 Å². The highest BCUT2D eigenvalue weighted by molar-refractivity contribution is 6.41. The summed E-state index contributed by atoms with van der Waals surface area (Å²) in [4.78, 5) is 39.5. The molecule has 0 unspecified atom stereocenters. The second-order valence-corrected chi connectivity index (χ2v) is 11.2. The molecule has 232 valence electrons. The van der Waals surface area contributed by atoms with Crippen molar-refractivity contribution >= 4 is 69.9 Å². The SMILES string of the molecule is COc1cc(OC)c(Cl)c(NC(=O)N(C)c2cc(Nc3ccc(N4CCN(C5CC5)CC4)cc3C=CC(N)=O)ncn2)c1Cl. The lowest BCUT2D eigenvalue weighted by molar-refractivity contribution is -0.113. The second-order valence-electron chi connectivity index (χ2n) is 10.4. The van der Waals surface area contributed by atoms with Gasteiger partial charge in [0.25, 0.3) is 0 Å². The Labute approximate surface area is 265 Å². The van der Waals surface area contributed by atoms with E-state index in [1.54, 1.807) is 19.2 Å². The Morgan fingerprint density at radius 1 is 1.02 bits per heavy atom. The van der Waals surface area contributed by atoms with Crippen molar-refractivity contribution in [1.29, 1.82) is 0 Å². The number of methoxy groups -OCH3 is 2. The maximum Gasteiger partial charge on any atom is 0.327 e. The van der Waals surface area contributed by atoms with E-state index in [-0.39, 0.29) is 27.2 Å². The van der Waals surface area contributed by atoms with Crippen LogP contribution in [0.5, 0.6) is 11.5 Å². The van der Waals surface area contributed by atoms with Crippen molar-refractivity contribution in [1.82, 2.24) is 14.9 Å². The van der Waals surface area contributed by atoms with Crippen molar-refractivity contribution < 1.29 is 19.1 Å². The van der Waals surface area contributed by atoms with Gasteiger partial charge in [-0.25, -0.2) is 14.8 Å². The lowest BCUT2D eigenvalue weighted by atomic mass is 10.1. The van der Waals surface area contributed by atoms with Crippen molar-refractivity contribution in [3.63, 3.8) is 0 Å². The lowest BCUT2D eigenvalue weighted by Gasteiger charge is -2.36. The molecule has 12 nitrogen and oxygen atoms in total. The number of rotatable bonds is 10. The highest BCUT2D eigenvalue weighted by atomic mass is 35.5. The first-order valence-corrected chi connectivity index (χ1v) is 14.8. The van der Waals surface area contributed by atoms with Crippen molar-refractivity contribution in [2.24, 2.45) is 5.73 Å². The van der Waals surface area contributed by atoms with Crippen LogP contribution >= 0.6 is 23.2 Å². The molecule has 1 aromatic heterocycles. The minimum absolute atomic E-state index is 0.120. The number of aromatic nitrogens is 2. The molecule has 5 rings (SSSR count). The fraction of sp³-hybridized carbons (Fsp3) is 0.333. The van der Waals surface area contributed by atoms with Crippen LogP contribution in [0.1, 0.15) is 18.4 Å². The number of amides is 3. The summed E-state index contributed by atoms with van der Waals surface area (Å²) in [5.74, 6) is 0.735. The highest BCUT2D eigenvalue weighted by Crippen LogP contribution is 2.44. The van der Waals surface area contributed by atoms with Crippen molar-refractivity contribution in [2.75, 3.05) is 67.9 Å². The fourth-order valence-electron chi connectivity index (χ4n) is 4.98. The Balaban J connectivity index is 1.34. The second kappa shape index (κ2) is 13.6. The summed E-state index contributed by atoms with van der Waals surface area (Å²) < 4.78 is 10.6. The molecule has 2 aromatic carbocycles. The zero-order valence-corrected chi connectivity index (χ0v) is 26.2. The number of halogens is 2. The van der Waals surface area contributed by atoms with Crippen LogP contribution in [-0.2, 0) is 4.79 Å². The van der Waals surface area contributed by atoms with Gasteiger partial charge in [0.2, 0.25) is 5.91 Å². The number of hydrogen-bond acceptors (Lipinski definition) is 9. The van der Waals surface area contributed by atoms with E-state index in [1.165, 1.54) is 50.4 Å². The van der Waals surface area contributed by atoms with Crippen LogP contribution in [0.3, 0.4) is 0 Å². The summed E-state index contributed by atoms with van der Waals surface area (Å²) in [6.45, 7) is 3.94. The third-order valence-corrected chi connectivity index (χ3v) is 8.32. The topological polar surface area (TPSA) is 138 Å². The molecular weight excluding hydrogens is 607 g/mol. The number of benzene rings is 2. The summed E-state index contributed by atoms with van der Waals surface area (Å²) in [7, 11) is 4.43. The summed E-state index contributed by atoms with van der Waals surface area (Å²) in [6, 6.07) is 9.32. The van der Waals surface area contributed by atoms with Crippen molar-refractivity contribution in [2.45, 2.75) is 18.9 Å². The molecule has 14 heteroatoms. The fourth-order valence-corrected chi connectivity index (χ4v) is 5.58. The lowest BCUT2D eigenvalue weighted by Crippen LogP contribution is -2.47. The van der Waals surface area contributed by atoms with Crippen LogP contribution in [0.25, 0.3) is 6.08 Å². The van der Waals surface area contributed by atoms with Crippen LogP contribution in [0.15, 0.2) is 42.7 Å². The molecule has 4 N–H and O–H groups in total. The molecule has 3 amide bonds. The molecule has 2 aliphatic rings. The molecule has 44 heavy (non-hydrogen) atoms. The van der Waals surface area contributed by atoms with Gasteiger partial charge in [0.1, 0.15) is 39.5 Å². The zero-order valence-electron chi connectivity index (χ0n) is 24.6. The molecule has 1 saturated heterocycles. The van der Waals surface area contributed by atoms with Gasteiger partial charge in [-0.05, 0) is 37.1 Å². The molecular formula is C30H34Cl2N8O4. The first kappa shape index (κ1) is 31.2. The molecule has 1 aliphatic carbocycles. The van der Waals surface area contributed by atoms with Gasteiger partial charge in [-0.15, -0.1) is 0 Å². The summed E-state index contributed by atoms with van der Waals surface area (Å²) in [5, 5.41) is 6.22. The molecule has 0 atom stereocenters. The number of hydrogen-bond donors (Lipinski definition) is 3. The Bertz CT molecular complexity index is 1550. The van der Waals surface area contributed by atoms with Gasteiger partial charge in [0.15, 0.2) is 0 Å². The molecule has 0 spiro atoms. The van der Waals surface area contributed by atoms with E-state index in [4.69, 9.17) is 38.4 Å². The Morgan fingerprint density at radius 2 is 1.70 bits per heavy atom. The zero-order chi connectivity index (χ0) is 31.4. The maximum atomic E-state index is 13.2. The third-order valence-electron chi connectivity index (χ3n) is 7.57. The van der Waals surface area contributed by atoms with Crippen LogP contribution in [0, 0.1) is 0 Å². The number of nitrogens with one attached hydrogen (secondary N) is 2. The van der Waals surface area contributed by atoms with Crippen molar-refractivity contribution in [3.8, 4) is 11.5 Å². The molecule has 0 bridgehead atoms. The van der Waals surface area contributed by atoms with E-state index < -0.39 is 11.9 Å². The number of piperazine rings is 1. The number of anilines is 5. The molecule has 1 saturated carbocycles. The average molecular weight is 642 g/mol. The van der Waals surface area contributed by atoms with E-state index in [1.807, 2.05) is 18.2 Å². The van der Waals surface area contributed by atoms with E-state index in [0.29, 0.717) is 17.3 Å². The molecule has 2 fully saturated rings. The first-order valence-electron chi connectivity index (χ1n) is 14.0. The highest BCUT2D eigenvalue weighted by Gasteiger charge is 2.31. The molecule has 0 radical (unpaired) electrons. The van der Waals surface area contributed by atoms with Crippen LogP contribution in [-0.4, -0.2) is 80.3 Å². The van der Waals surface area contributed by atoms with E-state index in [0.717, 1.165) is 43.5 Å². The number of carbonyl (C=O) groups is 2. The third kappa shape index (κ3) is 7.09.